The fraction of sp³-hybridized carbons (Fsp3) is 0.933. The minimum absolute atomic E-state index is 0.0192. The molecular formula is C30H52O2. The van der Waals surface area contributed by atoms with E-state index >= 15 is 0 Å². The van der Waals surface area contributed by atoms with Gasteiger partial charge in [0.2, 0.25) is 0 Å². The van der Waals surface area contributed by atoms with Crippen molar-refractivity contribution in [2.45, 2.75) is 125 Å². The summed E-state index contributed by atoms with van der Waals surface area (Å²) in [6, 6.07) is 0. The lowest BCUT2D eigenvalue weighted by molar-refractivity contribution is -0.242. The molecule has 4 aliphatic rings. The van der Waals surface area contributed by atoms with Crippen molar-refractivity contribution < 1.29 is 10.2 Å². The predicted molar refractivity (Wildman–Crippen MR) is 134 cm³/mol. The van der Waals surface area contributed by atoms with Crippen molar-refractivity contribution in [2.24, 2.45) is 51.2 Å². The Kier molecular flexibility index (Phi) is 6.28. The Morgan fingerprint density at radius 3 is 2.22 bits per heavy atom. The Labute approximate surface area is 198 Å². The molecule has 10 atom stereocenters. The van der Waals surface area contributed by atoms with Gasteiger partial charge in [0, 0.05) is 0 Å². The molecule has 0 saturated heterocycles. The van der Waals surface area contributed by atoms with Crippen LogP contribution in [-0.4, -0.2) is 22.4 Å². The second-order valence-electron chi connectivity index (χ2n) is 14.2. The maximum absolute atomic E-state index is 11.8. The van der Waals surface area contributed by atoms with E-state index in [0.29, 0.717) is 35.0 Å². The fourth-order valence-corrected chi connectivity index (χ4v) is 10.3. The van der Waals surface area contributed by atoms with Gasteiger partial charge in [0.05, 0.1) is 12.2 Å². The zero-order valence-electron chi connectivity index (χ0n) is 22.4. The molecule has 4 fully saturated rings. The topological polar surface area (TPSA) is 40.5 Å². The predicted octanol–water partition coefficient (Wildman–Crippen LogP) is 7.39. The molecule has 32 heavy (non-hydrogen) atoms. The van der Waals surface area contributed by atoms with Gasteiger partial charge in [-0.05, 0) is 123 Å². The molecule has 0 spiro atoms. The summed E-state index contributed by atoms with van der Waals surface area (Å²) in [5.41, 5.74) is 2.17. The summed E-state index contributed by atoms with van der Waals surface area (Å²) >= 11 is 0. The van der Waals surface area contributed by atoms with Gasteiger partial charge < -0.3 is 10.2 Å². The first-order chi connectivity index (χ1) is 14.8. The maximum atomic E-state index is 11.8. The molecule has 4 saturated carbocycles. The summed E-state index contributed by atoms with van der Waals surface area (Å²) in [6.07, 6.45) is 12.6. The summed E-state index contributed by atoms with van der Waals surface area (Å²) in [6.45, 7) is 19.2. The lowest BCUT2D eigenvalue weighted by Crippen LogP contribution is -2.66. The van der Waals surface area contributed by atoms with Crippen molar-refractivity contribution in [1.82, 2.24) is 0 Å². The summed E-state index contributed by atoms with van der Waals surface area (Å²) < 4.78 is 0. The van der Waals surface area contributed by atoms with Crippen molar-refractivity contribution in [2.75, 3.05) is 0 Å². The molecule has 0 aromatic carbocycles. The minimum Gasteiger partial charge on any atom is -0.393 e. The Hall–Kier alpha value is -0.340. The van der Waals surface area contributed by atoms with Crippen molar-refractivity contribution in [3.8, 4) is 0 Å². The number of fused-ring (bicyclic) bond motifs is 5. The number of rotatable bonds is 4. The minimum atomic E-state index is -0.181. The number of hydrogen-bond acceptors (Lipinski definition) is 2. The highest BCUT2D eigenvalue weighted by atomic mass is 16.3. The molecule has 2 heteroatoms. The zero-order valence-corrected chi connectivity index (χ0v) is 22.4. The molecule has 4 aliphatic carbocycles. The van der Waals surface area contributed by atoms with Crippen LogP contribution in [0.5, 0.6) is 0 Å². The van der Waals surface area contributed by atoms with Crippen LogP contribution in [0.1, 0.15) is 113 Å². The van der Waals surface area contributed by atoms with Gasteiger partial charge >= 0.3 is 0 Å². The quantitative estimate of drug-likeness (QED) is 0.444. The zero-order chi connectivity index (χ0) is 23.7. The van der Waals surface area contributed by atoms with Gasteiger partial charge in [-0.25, -0.2) is 0 Å². The SMILES string of the molecule is CC(C)=CCCC(C)C1CCC2(C)C1C(O)CC1C3(C)CCC(O)C(C)(C)C3CCC12C. The first kappa shape index (κ1) is 24.8. The van der Waals surface area contributed by atoms with Gasteiger partial charge in [-0.3, -0.25) is 0 Å². The molecular weight excluding hydrogens is 392 g/mol. The van der Waals surface area contributed by atoms with E-state index in [1.807, 2.05) is 0 Å². The molecule has 4 rings (SSSR count). The van der Waals surface area contributed by atoms with E-state index < -0.39 is 0 Å². The highest BCUT2D eigenvalue weighted by Gasteiger charge is 2.70. The molecule has 0 amide bonds. The summed E-state index contributed by atoms with van der Waals surface area (Å²) in [5.74, 6) is 2.92. The van der Waals surface area contributed by atoms with Gasteiger partial charge in [-0.15, -0.1) is 0 Å². The van der Waals surface area contributed by atoms with E-state index in [1.54, 1.807) is 0 Å². The number of allylic oxidation sites excluding steroid dienone is 2. The highest BCUT2D eigenvalue weighted by Crippen LogP contribution is 2.75. The van der Waals surface area contributed by atoms with Crippen LogP contribution in [0.3, 0.4) is 0 Å². The molecule has 0 heterocycles. The number of aliphatic hydroxyl groups is 2. The standard InChI is InChI=1S/C30H52O2/c1-19(2)10-9-11-20(3)21-12-16-30(8)26(21)22(31)18-24-28(6)15-14-25(32)27(4,5)23(28)13-17-29(24,30)7/h10,20-26,31-32H,9,11-18H2,1-8H3. The molecule has 0 radical (unpaired) electrons. The van der Waals surface area contributed by atoms with E-state index in [4.69, 9.17) is 0 Å². The maximum Gasteiger partial charge on any atom is 0.0594 e. The Balaban J connectivity index is 1.63. The number of aliphatic hydroxyl groups excluding tert-OH is 2. The van der Waals surface area contributed by atoms with E-state index in [1.165, 1.54) is 44.1 Å². The van der Waals surface area contributed by atoms with E-state index in [9.17, 15) is 10.2 Å². The molecule has 0 aliphatic heterocycles. The third-order valence-electron chi connectivity index (χ3n) is 12.3. The van der Waals surface area contributed by atoms with Crippen LogP contribution in [-0.2, 0) is 0 Å². The van der Waals surface area contributed by atoms with E-state index in [2.05, 4.69) is 61.5 Å². The second-order valence-corrected chi connectivity index (χ2v) is 14.2. The van der Waals surface area contributed by atoms with Crippen molar-refractivity contribution >= 4 is 0 Å². The first-order valence-corrected chi connectivity index (χ1v) is 13.8. The lowest BCUT2D eigenvalue weighted by Gasteiger charge is -2.70. The molecule has 2 nitrogen and oxygen atoms in total. The van der Waals surface area contributed by atoms with Crippen molar-refractivity contribution in [3.05, 3.63) is 11.6 Å². The third kappa shape index (κ3) is 3.40. The molecule has 0 aromatic heterocycles. The normalized spacial score (nSPS) is 50.7. The Morgan fingerprint density at radius 2 is 1.56 bits per heavy atom. The lowest BCUT2D eigenvalue weighted by atomic mass is 9.35. The molecule has 10 unspecified atom stereocenters. The average Bonchev–Trinajstić information content (AvgIpc) is 3.07. The third-order valence-corrected chi connectivity index (χ3v) is 12.3. The van der Waals surface area contributed by atoms with Gasteiger partial charge in [0.25, 0.3) is 0 Å². The highest BCUT2D eigenvalue weighted by molar-refractivity contribution is 5.19. The van der Waals surface area contributed by atoms with Crippen LogP contribution in [0.15, 0.2) is 11.6 Å². The van der Waals surface area contributed by atoms with Crippen molar-refractivity contribution in [3.63, 3.8) is 0 Å². The molecule has 184 valence electrons. The molecule has 0 bridgehead atoms. The summed E-state index contributed by atoms with van der Waals surface area (Å²) in [7, 11) is 0. The second kappa shape index (κ2) is 8.11. The van der Waals surface area contributed by atoms with Crippen LogP contribution < -0.4 is 0 Å². The summed E-state index contributed by atoms with van der Waals surface area (Å²) in [4.78, 5) is 0. The van der Waals surface area contributed by atoms with Crippen LogP contribution in [0.2, 0.25) is 0 Å². The average molecular weight is 445 g/mol. The Bertz CT molecular complexity index is 735. The molecule has 0 aromatic rings. The van der Waals surface area contributed by atoms with Gasteiger partial charge in [-0.1, -0.05) is 53.2 Å². The van der Waals surface area contributed by atoms with Gasteiger partial charge in [-0.2, -0.15) is 0 Å². The first-order valence-electron chi connectivity index (χ1n) is 13.8. The Morgan fingerprint density at radius 1 is 0.906 bits per heavy atom. The fourth-order valence-electron chi connectivity index (χ4n) is 10.3. The van der Waals surface area contributed by atoms with Crippen LogP contribution in [0.4, 0.5) is 0 Å². The van der Waals surface area contributed by atoms with E-state index in [0.717, 1.165) is 19.3 Å². The van der Waals surface area contributed by atoms with Crippen molar-refractivity contribution in [1.29, 1.82) is 0 Å². The largest absolute Gasteiger partial charge is 0.393 e. The van der Waals surface area contributed by atoms with Crippen LogP contribution in [0, 0.1) is 51.2 Å². The van der Waals surface area contributed by atoms with Crippen LogP contribution in [0.25, 0.3) is 0 Å². The van der Waals surface area contributed by atoms with E-state index in [-0.39, 0.29) is 28.5 Å². The summed E-state index contributed by atoms with van der Waals surface area (Å²) in [5, 5.41) is 22.6. The van der Waals surface area contributed by atoms with Gasteiger partial charge in [0.15, 0.2) is 0 Å². The molecule has 2 N–H and O–H groups in total. The van der Waals surface area contributed by atoms with Gasteiger partial charge in [0.1, 0.15) is 0 Å². The van der Waals surface area contributed by atoms with Crippen LogP contribution >= 0.6 is 0 Å². The smallest absolute Gasteiger partial charge is 0.0594 e. The number of hydrogen-bond donors (Lipinski definition) is 2. The monoisotopic (exact) mass is 444 g/mol.